The van der Waals surface area contributed by atoms with Crippen LogP contribution in [0.2, 0.25) is 0 Å². The van der Waals surface area contributed by atoms with Gasteiger partial charge in [0, 0.05) is 42.7 Å². The number of hydrogen-bond acceptors (Lipinski definition) is 5. The lowest BCUT2D eigenvalue weighted by molar-refractivity contribution is -0.384. The highest BCUT2D eigenvalue weighted by atomic mass is 79.9. The van der Waals surface area contributed by atoms with E-state index >= 15 is 0 Å². The van der Waals surface area contributed by atoms with Crippen molar-refractivity contribution in [2.24, 2.45) is 0 Å². The lowest BCUT2D eigenvalue weighted by atomic mass is 9.90. The minimum Gasteiger partial charge on any atom is -0.480 e. The molecule has 0 radical (unpaired) electrons. The zero-order valence-corrected chi connectivity index (χ0v) is 13.7. The summed E-state index contributed by atoms with van der Waals surface area (Å²) >= 11 is 3.19. The molecule has 0 atom stereocenters. The number of carboxylic acid groups (broad SMARTS) is 1. The summed E-state index contributed by atoms with van der Waals surface area (Å²) in [6.07, 6.45) is 0.333. The van der Waals surface area contributed by atoms with Crippen LogP contribution in [0.1, 0.15) is 18.4 Å². The van der Waals surface area contributed by atoms with Crippen molar-refractivity contribution in [3.63, 3.8) is 0 Å². The number of benzene rings is 1. The average molecular weight is 387 g/mol. The number of aliphatic carboxylic acids is 1. The maximum Gasteiger partial charge on any atom is 0.329 e. The summed E-state index contributed by atoms with van der Waals surface area (Å²) in [4.78, 5) is 33.9. The monoisotopic (exact) mass is 386 g/mol. The van der Waals surface area contributed by atoms with E-state index in [1.165, 1.54) is 18.2 Å². The molecule has 0 aliphatic carbocycles. The van der Waals surface area contributed by atoms with Crippen LogP contribution in [0, 0.1) is 10.1 Å². The Bertz CT molecular complexity index is 642. The predicted octanol–water partition coefficient (Wildman–Crippen LogP) is 1.65. The van der Waals surface area contributed by atoms with Gasteiger partial charge in [-0.3, -0.25) is 14.9 Å². The Morgan fingerprint density at radius 1 is 1.39 bits per heavy atom. The van der Waals surface area contributed by atoms with Gasteiger partial charge in [0.25, 0.3) is 5.69 Å². The van der Waals surface area contributed by atoms with Crippen LogP contribution >= 0.6 is 15.9 Å². The van der Waals surface area contributed by atoms with E-state index < -0.39 is 22.3 Å². The Morgan fingerprint density at radius 2 is 2.04 bits per heavy atom. The van der Waals surface area contributed by atoms with Crippen LogP contribution in [-0.2, 0) is 20.7 Å². The van der Waals surface area contributed by atoms with Crippen LogP contribution in [0.15, 0.2) is 22.7 Å². The van der Waals surface area contributed by atoms with Crippen molar-refractivity contribution in [3.8, 4) is 0 Å². The van der Waals surface area contributed by atoms with Crippen LogP contribution in [0.5, 0.6) is 0 Å². The van der Waals surface area contributed by atoms with Gasteiger partial charge in [-0.05, 0) is 5.56 Å². The van der Waals surface area contributed by atoms with E-state index in [0.717, 1.165) is 0 Å². The molecule has 0 unspecified atom stereocenters. The minimum atomic E-state index is -1.32. The van der Waals surface area contributed by atoms with Crippen molar-refractivity contribution in [1.82, 2.24) is 5.32 Å². The summed E-state index contributed by atoms with van der Waals surface area (Å²) in [7, 11) is 0. The summed E-state index contributed by atoms with van der Waals surface area (Å²) in [5, 5.41) is 22.7. The molecule has 0 spiro atoms. The van der Waals surface area contributed by atoms with E-state index in [-0.39, 0.29) is 38.2 Å². The Morgan fingerprint density at radius 3 is 2.57 bits per heavy atom. The predicted molar refractivity (Wildman–Crippen MR) is 83.1 cm³/mol. The molecule has 0 aromatic heterocycles. The van der Waals surface area contributed by atoms with Gasteiger partial charge >= 0.3 is 5.97 Å². The van der Waals surface area contributed by atoms with Crippen LogP contribution in [-0.4, -0.2) is 40.7 Å². The second-order valence-corrected chi connectivity index (χ2v) is 6.11. The number of hydrogen-bond donors (Lipinski definition) is 2. The Balaban J connectivity index is 2.09. The van der Waals surface area contributed by atoms with Crippen molar-refractivity contribution >= 4 is 33.5 Å². The number of nitrogens with one attached hydrogen (secondary N) is 1. The number of non-ortho nitro benzene ring substituents is 1. The molecule has 1 aliphatic rings. The standard InChI is InChI=1S/C14H15BrN2O6/c15-11-8-10(17(21)22)2-1-9(11)7-12(18)16-14(13(19)20)3-5-23-6-4-14/h1-2,8H,3-7H2,(H,16,18)(H,19,20). The number of rotatable bonds is 5. The van der Waals surface area contributed by atoms with E-state index in [0.29, 0.717) is 10.0 Å². The highest BCUT2D eigenvalue weighted by Crippen LogP contribution is 2.25. The smallest absolute Gasteiger partial charge is 0.329 e. The topological polar surface area (TPSA) is 119 Å². The molecular weight excluding hydrogens is 372 g/mol. The van der Waals surface area contributed by atoms with Crippen LogP contribution in [0.4, 0.5) is 5.69 Å². The first-order chi connectivity index (χ1) is 10.8. The fourth-order valence-electron chi connectivity index (χ4n) is 2.39. The number of nitro benzene ring substituents is 1. The van der Waals surface area contributed by atoms with Crippen molar-refractivity contribution in [3.05, 3.63) is 38.3 Å². The van der Waals surface area contributed by atoms with E-state index in [4.69, 9.17) is 4.74 Å². The molecule has 2 N–H and O–H groups in total. The van der Waals surface area contributed by atoms with Crippen molar-refractivity contribution < 1.29 is 24.4 Å². The maximum atomic E-state index is 12.2. The molecule has 8 nitrogen and oxygen atoms in total. The number of ether oxygens (including phenoxy) is 1. The third-order valence-electron chi connectivity index (χ3n) is 3.73. The van der Waals surface area contributed by atoms with E-state index in [1.807, 2.05) is 0 Å². The second-order valence-electron chi connectivity index (χ2n) is 5.26. The van der Waals surface area contributed by atoms with Gasteiger partial charge in [0.05, 0.1) is 11.3 Å². The highest BCUT2D eigenvalue weighted by molar-refractivity contribution is 9.10. The number of nitrogens with zero attached hydrogens (tertiary/aromatic N) is 1. The molecule has 124 valence electrons. The number of carbonyl (C=O) groups is 2. The van der Waals surface area contributed by atoms with Gasteiger partial charge in [0.1, 0.15) is 5.54 Å². The van der Waals surface area contributed by atoms with Gasteiger partial charge in [0.2, 0.25) is 5.91 Å². The highest BCUT2D eigenvalue weighted by Gasteiger charge is 2.41. The molecule has 1 saturated heterocycles. The molecule has 2 rings (SSSR count). The maximum absolute atomic E-state index is 12.2. The second kappa shape index (κ2) is 7.05. The summed E-state index contributed by atoms with van der Waals surface area (Å²) < 4.78 is 5.57. The Kier molecular flexibility index (Phi) is 5.32. The molecule has 1 aromatic carbocycles. The number of carboxylic acids is 1. The first-order valence-corrected chi connectivity index (χ1v) is 7.68. The van der Waals surface area contributed by atoms with Crippen LogP contribution in [0.25, 0.3) is 0 Å². The number of halogens is 1. The Hall–Kier alpha value is -2.00. The third kappa shape index (κ3) is 4.05. The average Bonchev–Trinajstić information content (AvgIpc) is 2.49. The molecule has 1 fully saturated rings. The zero-order chi connectivity index (χ0) is 17.0. The summed E-state index contributed by atoms with van der Waals surface area (Å²) in [5.74, 6) is -1.54. The zero-order valence-electron chi connectivity index (χ0n) is 12.1. The molecule has 1 aliphatic heterocycles. The lowest BCUT2D eigenvalue weighted by Gasteiger charge is -2.33. The quantitative estimate of drug-likeness (QED) is 0.586. The van der Waals surface area contributed by atoms with Gasteiger partial charge in [0.15, 0.2) is 0 Å². The summed E-state index contributed by atoms with van der Waals surface area (Å²) in [5.41, 5.74) is -0.865. The number of carbonyl (C=O) groups excluding carboxylic acids is 1. The molecule has 0 saturated carbocycles. The molecule has 1 aromatic rings. The molecular formula is C14H15BrN2O6. The third-order valence-corrected chi connectivity index (χ3v) is 4.47. The number of amides is 1. The van der Waals surface area contributed by atoms with Gasteiger partial charge < -0.3 is 15.2 Å². The van der Waals surface area contributed by atoms with Gasteiger partial charge in [-0.1, -0.05) is 22.0 Å². The van der Waals surface area contributed by atoms with E-state index in [9.17, 15) is 24.8 Å². The normalized spacial score (nSPS) is 16.6. The van der Waals surface area contributed by atoms with E-state index in [1.54, 1.807) is 0 Å². The van der Waals surface area contributed by atoms with Gasteiger partial charge in [-0.25, -0.2) is 4.79 Å². The van der Waals surface area contributed by atoms with Crippen LogP contribution < -0.4 is 5.32 Å². The fraction of sp³-hybridized carbons (Fsp3) is 0.429. The molecule has 1 amide bonds. The molecule has 9 heteroatoms. The molecule has 0 bridgehead atoms. The molecule has 23 heavy (non-hydrogen) atoms. The van der Waals surface area contributed by atoms with Gasteiger partial charge in [-0.15, -0.1) is 0 Å². The van der Waals surface area contributed by atoms with Crippen molar-refractivity contribution in [2.75, 3.05) is 13.2 Å². The summed E-state index contributed by atoms with van der Waals surface area (Å²) in [6, 6.07) is 4.08. The Labute approximate surface area is 140 Å². The van der Waals surface area contributed by atoms with Crippen LogP contribution in [0.3, 0.4) is 0 Å². The van der Waals surface area contributed by atoms with Gasteiger partial charge in [-0.2, -0.15) is 0 Å². The van der Waals surface area contributed by atoms with Crippen molar-refractivity contribution in [1.29, 1.82) is 0 Å². The first kappa shape index (κ1) is 17.4. The SMILES string of the molecule is O=C(Cc1ccc([N+](=O)[O-])cc1Br)NC1(C(=O)O)CCOCC1. The van der Waals surface area contributed by atoms with Crippen molar-refractivity contribution in [2.45, 2.75) is 24.8 Å². The minimum absolute atomic E-state index is 0.0749. The molecule has 1 heterocycles. The number of nitro groups is 1. The first-order valence-electron chi connectivity index (χ1n) is 6.89. The van der Waals surface area contributed by atoms with E-state index in [2.05, 4.69) is 21.2 Å². The lowest BCUT2D eigenvalue weighted by Crippen LogP contribution is -2.57. The fourth-order valence-corrected chi connectivity index (χ4v) is 2.90. The summed E-state index contributed by atoms with van der Waals surface area (Å²) in [6.45, 7) is 0.543. The largest absolute Gasteiger partial charge is 0.480 e.